The quantitative estimate of drug-likeness (QED) is 0.324. The van der Waals surface area contributed by atoms with Gasteiger partial charge in [0.2, 0.25) is 11.8 Å². The van der Waals surface area contributed by atoms with Gasteiger partial charge in [-0.15, -0.1) is 0 Å². The molecule has 3 rings (SSSR count). The monoisotopic (exact) mass is 569 g/mol. The molecule has 0 heterocycles. The molecule has 3 aromatic rings. The minimum absolute atomic E-state index is 0.0490. The zero-order chi connectivity index (χ0) is 28.6. The molecule has 2 atom stereocenters. The highest BCUT2D eigenvalue weighted by atomic mass is 35.5. The molecular weight excluding hydrogens is 534 g/mol. The molecule has 1 N–H and O–H groups in total. The van der Waals surface area contributed by atoms with Crippen LogP contribution in [0.4, 0.5) is 5.69 Å². The van der Waals surface area contributed by atoms with Gasteiger partial charge >= 0.3 is 0 Å². The van der Waals surface area contributed by atoms with E-state index in [-0.39, 0.29) is 29.1 Å². The third-order valence-electron chi connectivity index (χ3n) is 6.71. The van der Waals surface area contributed by atoms with Crippen LogP contribution in [0.2, 0.25) is 5.02 Å². The van der Waals surface area contributed by atoms with E-state index in [0.717, 1.165) is 21.9 Å². The van der Waals surface area contributed by atoms with E-state index in [1.807, 2.05) is 51.1 Å². The molecule has 0 fully saturated rings. The predicted octanol–water partition coefficient (Wildman–Crippen LogP) is 5.22. The van der Waals surface area contributed by atoms with Crippen LogP contribution in [-0.2, 0) is 26.0 Å². The minimum Gasteiger partial charge on any atom is -0.352 e. The first-order chi connectivity index (χ1) is 18.5. The number of anilines is 1. The van der Waals surface area contributed by atoms with Crippen molar-refractivity contribution in [3.8, 4) is 0 Å². The van der Waals surface area contributed by atoms with Gasteiger partial charge in [0, 0.05) is 17.6 Å². The summed E-state index contributed by atoms with van der Waals surface area (Å²) in [5, 5.41) is 3.32. The molecule has 2 amide bonds. The van der Waals surface area contributed by atoms with Crippen molar-refractivity contribution < 1.29 is 18.0 Å². The Bertz CT molecular complexity index is 1370. The summed E-state index contributed by atoms with van der Waals surface area (Å²) in [5.41, 5.74) is 2.05. The fourth-order valence-corrected chi connectivity index (χ4v) is 5.62. The van der Waals surface area contributed by atoms with Crippen LogP contribution in [0.25, 0.3) is 0 Å². The second kappa shape index (κ2) is 13.6. The van der Waals surface area contributed by atoms with Gasteiger partial charge in [-0.3, -0.25) is 13.9 Å². The molecule has 0 radical (unpaired) electrons. The standard InChI is InChI=1S/C30H36ClN3O4S/c1-5-23(3)32-30(36)24(4)33(19-18-25-12-8-6-9-13-25)29(35)21-34(26-17-16-22(2)28(31)20-26)39(37,38)27-14-10-7-11-15-27/h6-17,20,23-24H,5,18-19,21H2,1-4H3,(H,32,36)/t23-,24-/m0/s1. The molecule has 0 saturated carbocycles. The fourth-order valence-electron chi connectivity index (χ4n) is 4.02. The minimum atomic E-state index is -4.12. The Morgan fingerprint density at radius 3 is 2.15 bits per heavy atom. The van der Waals surface area contributed by atoms with Crippen molar-refractivity contribution in [3.63, 3.8) is 0 Å². The summed E-state index contributed by atoms with van der Waals surface area (Å²) in [5.74, 6) is -0.782. The van der Waals surface area contributed by atoms with Gasteiger partial charge in [-0.05, 0) is 69.0 Å². The molecule has 7 nitrogen and oxygen atoms in total. The van der Waals surface area contributed by atoms with Crippen LogP contribution in [0.3, 0.4) is 0 Å². The first-order valence-electron chi connectivity index (χ1n) is 13.0. The summed E-state index contributed by atoms with van der Waals surface area (Å²) in [6.45, 7) is 7.09. The van der Waals surface area contributed by atoms with Crippen LogP contribution >= 0.6 is 11.6 Å². The molecule has 0 bridgehead atoms. The number of carbonyl (C=O) groups is 2. The molecule has 0 aliphatic carbocycles. The highest BCUT2D eigenvalue weighted by Gasteiger charge is 2.32. The number of amides is 2. The molecule has 0 aliphatic heterocycles. The van der Waals surface area contributed by atoms with E-state index in [9.17, 15) is 18.0 Å². The first kappa shape index (κ1) is 30.2. The highest BCUT2D eigenvalue weighted by Crippen LogP contribution is 2.28. The molecule has 0 unspecified atom stereocenters. The van der Waals surface area contributed by atoms with Gasteiger partial charge in [-0.25, -0.2) is 8.42 Å². The number of aryl methyl sites for hydroxylation is 1. The number of sulfonamides is 1. The largest absolute Gasteiger partial charge is 0.352 e. The van der Waals surface area contributed by atoms with Crippen LogP contribution in [0.5, 0.6) is 0 Å². The molecule has 0 aromatic heterocycles. The normalized spacial score (nSPS) is 12.8. The van der Waals surface area contributed by atoms with Crippen LogP contribution < -0.4 is 9.62 Å². The van der Waals surface area contributed by atoms with Crippen molar-refractivity contribution in [2.75, 3.05) is 17.4 Å². The molecule has 9 heteroatoms. The lowest BCUT2D eigenvalue weighted by Gasteiger charge is -2.32. The third-order valence-corrected chi connectivity index (χ3v) is 8.90. The Balaban J connectivity index is 1.98. The van der Waals surface area contributed by atoms with Gasteiger partial charge in [0.1, 0.15) is 12.6 Å². The van der Waals surface area contributed by atoms with Gasteiger partial charge in [-0.1, -0.05) is 73.1 Å². The molecule has 0 saturated heterocycles. The lowest BCUT2D eigenvalue weighted by Crippen LogP contribution is -2.53. The Morgan fingerprint density at radius 2 is 1.56 bits per heavy atom. The number of hydrogen-bond acceptors (Lipinski definition) is 4. The van der Waals surface area contributed by atoms with Crippen molar-refractivity contribution in [1.29, 1.82) is 0 Å². The van der Waals surface area contributed by atoms with Gasteiger partial charge in [0.15, 0.2) is 0 Å². The summed E-state index contributed by atoms with van der Waals surface area (Å²) >= 11 is 6.36. The molecule has 39 heavy (non-hydrogen) atoms. The molecule has 208 valence electrons. The van der Waals surface area contributed by atoms with Crippen molar-refractivity contribution in [2.24, 2.45) is 0 Å². The van der Waals surface area contributed by atoms with E-state index in [2.05, 4.69) is 5.32 Å². The van der Waals surface area contributed by atoms with E-state index in [0.29, 0.717) is 11.4 Å². The zero-order valence-corrected chi connectivity index (χ0v) is 24.4. The molecule has 0 spiro atoms. The van der Waals surface area contributed by atoms with Gasteiger partial charge < -0.3 is 10.2 Å². The lowest BCUT2D eigenvalue weighted by molar-refractivity contribution is -0.139. The lowest BCUT2D eigenvalue weighted by atomic mass is 10.1. The maximum atomic E-state index is 13.9. The summed E-state index contributed by atoms with van der Waals surface area (Å²) in [6, 6.07) is 21.6. The van der Waals surface area contributed by atoms with E-state index in [1.54, 1.807) is 37.3 Å². The average molecular weight is 570 g/mol. The smallest absolute Gasteiger partial charge is 0.264 e. The number of rotatable bonds is 12. The van der Waals surface area contributed by atoms with E-state index in [1.165, 1.54) is 23.1 Å². The van der Waals surface area contributed by atoms with Crippen molar-refractivity contribution in [3.05, 3.63) is 95.0 Å². The Hall–Kier alpha value is -3.36. The highest BCUT2D eigenvalue weighted by molar-refractivity contribution is 7.92. The molecule has 0 aliphatic rings. The van der Waals surface area contributed by atoms with Crippen LogP contribution in [0.1, 0.15) is 38.3 Å². The SMILES string of the molecule is CC[C@H](C)NC(=O)[C@H](C)N(CCc1ccccc1)C(=O)CN(c1ccc(C)c(Cl)c1)S(=O)(=O)c1ccccc1. The van der Waals surface area contributed by atoms with E-state index in [4.69, 9.17) is 11.6 Å². The summed E-state index contributed by atoms with van der Waals surface area (Å²) in [7, 11) is -4.12. The van der Waals surface area contributed by atoms with Crippen molar-refractivity contribution in [1.82, 2.24) is 10.2 Å². The average Bonchev–Trinajstić information content (AvgIpc) is 2.94. The van der Waals surface area contributed by atoms with Crippen LogP contribution in [0.15, 0.2) is 83.8 Å². The van der Waals surface area contributed by atoms with Gasteiger partial charge in [0.05, 0.1) is 10.6 Å². The molecule has 3 aromatic carbocycles. The van der Waals surface area contributed by atoms with Gasteiger partial charge in [0.25, 0.3) is 10.0 Å². The van der Waals surface area contributed by atoms with Crippen molar-refractivity contribution >= 4 is 39.1 Å². The number of nitrogens with one attached hydrogen (secondary N) is 1. The van der Waals surface area contributed by atoms with Gasteiger partial charge in [-0.2, -0.15) is 0 Å². The fraction of sp³-hybridized carbons (Fsp3) is 0.333. The maximum absolute atomic E-state index is 13.9. The number of carbonyl (C=O) groups excluding carboxylic acids is 2. The second-order valence-corrected chi connectivity index (χ2v) is 11.8. The third kappa shape index (κ3) is 7.83. The summed E-state index contributed by atoms with van der Waals surface area (Å²) in [4.78, 5) is 28.5. The summed E-state index contributed by atoms with van der Waals surface area (Å²) in [6.07, 6.45) is 1.25. The summed E-state index contributed by atoms with van der Waals surface area (Å²) < 4.78 is 28.6. The van der Waals surface area contributed by atoms with Crippen LogP contribution in [0, 0.1) is 6.92 Å². The zero-order valence-electron chi connectivity index (χ0n) is 22.8. The Labute approximate surface area is 236 Å². The Kier molecular flexibility index (Phi) is 10.5. The topological polar surface area (TPSA) is 86.8 Å². The number of nitrogens with zero attached hydrogens (tertiary/aromatic N) is 2. The number of halogens is 1. The number of benzene rings is 3. The number of hydrogen-bond donors (Lipinski definition) is 1. The maximum Gasteiger partial charge on any atom is 0.264 e. The van der Waals surface area contributed by atoms with E-state index >= 15 is 0 Å². The van der Waals surface area contributed by atoms with E-state index < -0.39 is 28.5 Å². The second-order valence-electron chi connectivity index (χ2n) is 9.57. The predicted molar refractivity (Wildman–Crippen MR) is 156 cm³/mol. The van der Waals surface area contributed by atoms with Crippen molar-refractivity contribution in [2.45, 2.75) is 57.5 Å². The first-order valence-corrected chi connectivity index (χ1v) is 14.8. The Morgan fingerprint density at radius 1 is 0.949 bits per heavy atom. The van der Waals surface area contributed by atoms with Crippen LogP contribution in [-0.4, -0.2) is 50.3 Å². The molecular formula is C30H36ClN3O4S.